The number of hydrogen-bond acceptors (Lipinski definition) is 4. The number of benzene rings is 1. The lowest BCUT2D eigenvalue weighted by Gasteiger charge is -2.08. The molecule has 1 aromatic carbocycles. The summed E-state index contributed by atoms with van der Waals surface area (Å²) in [7, 11) is 0. The Morgan fingerprint density at radius 1 is 0.958 bits per heavy atom. The van der Waals surface area contributed by atoms with Gasteiger partial charge in [0, 0.05) is 11.1 Å². The van der Waals surface area contributed by atoms with Crippen molar-refractivity contribution >= 4 is 46.7 Å². The number of esters is 2. The van der Waals surface area contributed by atoms with Crippen LogP contribution in [0.4, 0.5) is 0 Å². The fourth-order valence-corrected chi connectivity index (χ4v) is 2.57. The lowest BCUT2D eigenvalue weighted by molar-refractivity contribution is -0.147. The minimum Gasteiger partial charge on any atom is -0.466 e. The van der Waals surface area contributed by atoms with Gasteiger partial charge in [0.2, 0.25) is 0 Å². The van der Waals surface area contributed by atoms with Crippen LogP contribution in [0.2, 0.25) is 15.1 Å². The third-order valence-corrected chi connectivity index (χ3v) is 4.23. The number of rotatable bonds is 10. The highest BCUT2D eigenvalue weighted by Crippen LogP contribution is 2.35. The number of carbonyl (C=O) groups excluding carboxylic acids is 2. The van der Waals surface area contributed by atoms with E-state index < -0.39 is 11.9 Å². The topological polar surface area (TPSA) is 52.6 Å². The van der Waals surface area contributed by atoms with Gasteiger partial charge in [-0.15, -0.1) is 0 Å². The van der Waals surface area contributed by atoms with Crippen LogP contribution < -0.4 is 4.74 Å². The molecule has 1 aromatic rings. The van der Waals surface area contributed by atoms with E-state index in [2.05, 4.69) is 6.92 Å². The molecule has 0 unspecified atom stereocenters. The Morgan fingerprint density at radius 2 is 1.62 bits per heavy atom. The summed E-state index contributed by atoms with van der Waals surface area (Å²) in [4.78, 5) is 23.3. The highest BCUT2D eigenvalue weighted by molar-refractivity contribution is 6.44. The molecule has 1 rings (SSSR count). The fraction of sp³-hybridized carbons (Fsp3) is 0.529. The van der Waals surface area contributed by atoms with Crippen molar-refractivity contribution in [2.24, 2.45) is 0 Å². The molecular weight excluding hydrogens is 375 g/mol. The van der Waals surface area contributed by atoms with E-state index >= 15 is 0 Å². The third-order valence-electron chi connectivity index (χ3n) is 3.23. The molecule has 134 valence electrons. The SMILES string of the molecule is CCCCCCCOC(=O)CCC(=O)Oc1cc(Cl)cc(Cl)c1Cl. The quantitative estimate of drug-likeness (QED) is 0.216. The van der Waals surface area contributed by atoms with Gasteiger partial charge in [0.1, 0.15) is 5.02 Å². The lowest BCUT2D eigenvalue weighted by atomic mass is 10.2. The molecule has 0 heterocycles. The first-order chi connectivity index (χ1) is 11.4. The summed E-state index contributed by atoms with van der Waals surface area (Å²) in [6.07, 6.45) is 5.24. The van der Waals surface area contributed by atoms with Crippen LogP contribution in [0.25, 0.3) is 0 Å². The molecular formula is C17H21Cl3O4. The number of carbonyl (C=O) groups is 2. The molecule has 24 heavy (non-hydrogen) atoms. The predicted octanol–water partition coefficient (Wildman–Crippen LogP) is 5.85. The maximum Gasteiger partial charge on any atom is 0.311 e. The molecule has 4 nitrogen and oxygen atoms in total. The Balaban J connectivity index is 2.27. The van der Waals surface area contributed by atoms with Crippen molar-refractivity contribution < 1.29 is 19.1 Å². The zero-order valence-electron chi connectivity index (χ0n) is 13.6. The first kappa shape index (κ1) is 21.1. The predicted molar refractivity (Wildman–Crippen MR) is 96.1 cm³/mol. The van der Waals surface area contributed by atoms with Crippen molar-refractivity contribution in [1.29, 1.82) is 0 Å². The maximum absolute atomic E-state index is 11.8. The van der Waals surface area contributed by atoms with Crippen LogP contribution in [0.15, 0.2) is 12.1 Å². The number of unbranched alkanes of at least 4 members (excludes halogenated alkanes) is 4. The van der Waals surface area contributed by atoms with Gasteiger partial charge in [-0.05, 0) is 12.5 Å². The summed E-state index contributed by atoms with van der Waals surface area (Å²) < 4.78 is 10.1. The van der Waals surface area contributed by atoms with Crippen molar-refractivity contribution in [3.8, 4) is 5.75 Å². The van der Waals surface area contributed by atoms with Gasteiger partial charge < -0.3 is 9.47 Å². The first-order valence-corrected chi connectivity index (χ1v) is 9.08. The maximum atomic E-state index is 11.8. The summed E-state index contributed by atoms with van der Waals surface area (Å²) >= 11 is 17.6. The number of halogens is 3. The van der Waals surface area contributed by atoms with Gasteiger partial charge in [0.15, 0.2) is 5.75 Å². The Hall–Kier alpha value is -0.970. The number of hydrogen-bond donors (Lipinski definition) is 0. The highest BCUT2D eigenvalue weighted by Gasteiger charge is 2.14. The highest BCUT2D eigenvalue weighted by atomic mass is 35.5. The van der Waals surface area contributed by atoms with Crippen LogP contribution in [0.3, 0.4) is 0 Å². The normalized spacial score (nSPS) is 10.5. The zero-order chi connectivity index (χ0) is 17.9. The van der Waals surface area contributed by atoms with Crippen LogP contribution in [-0.4, -0.2) is 18.5 Å². The van der Waals surface area contributed by atoms with Crippen LogP contribution >= 0.6 is 34.8 Å². The second kappa shape index (κ2) is 11.6. The summed E-state index contributed by atoms with van der Waals surface area (Å²) in [6, 6.07) is 2.84. The minimum absolute atomic E-state index is 0.0420. The van der Waals surface area contributed by atoms with E-state index in [1.807, 2.05) is 0 Å². The molecule has 0 aliphatic rings. The fourth-order valence-electron chi connectivity index (χ4n) is 1.95. The van der Waals surface area contributed by atoms with Crippen molar-refractivity contribution in [2.75, 3.05) is 6.61 Å². The van der Waals surface area contributed by atoms with E-state index in [0.717, 1.165) is 19.3 Å². The average Bonchev–Trinajstić information content (AvgIpc) is 2.53. The van der Waals surface area contributed by atoms with Crippen molar-refractivity contribution in [2.45, 2.75) is 51.9 Å². The summed E-state index contributed by atoms with van der Waals surface area (Å²) in [5.41, 5.74) is 0. The summed E-state index contributed by atoms with van der Waals surface area (Å²) in [6.45, 7) is 2.52. The smallest absolute Gasteiger partial charge is 0.311 e. The molecule has 0 saturated heterocycles. The molecule has 0 radical (unpaired) electrons. The molecule has 0 atom stereocenters. The van der Waals surface area contributed by atoms with Gasteiger partial charge in [0.05, 0.1) is 24.5 Å². The molecule has 0 aromatic heterocycles. The molecule has 0 fully saturated rings. The average molecular weight is 396 g/mol. The molecule has 0 bridgehead atoms. The monoisotopic (exact) mass is 394 g/mol. The van der Waals surface area contributed by atoms with E-state index in [1.54, 1.807) is 0 Å². The molecule has 0 N–H and O–H groups in total. The van der Waals surface area contributed by atoms with Crippen LogP contribution in [0.5, 0.6) is 5.75 Å². The van der Waals surface area contributed by atoms with Gasteiger partial charge >= 0.3 is 11.9 Å². The second-order valence-electron chi connectivity index (χ2n) is 5.31. The van der Waals surface area contributed by atoms with Crippen LogP contribution in [0.1, 0.15) is 51.9 Å². The Morgan fingerprint density at radius 3 is 2.33 bits per heavy atom. The van der Waals surface area contributed by atoms with Crippen molar-refractivity contribution in [3.63, 3.8) is 0 Å². The third kappa shape index (κ3) is 8.22. The molecule has 0 aliphatic carbocycles. The zero-order valence-corrected chi connectivity index (χ0v) is 15.8. The molecule has 0 aliphatic heterocycles. The van der Waals surface area contributed by atoms with E-state index in [1.165, 1.54) is 25.0 Å². The number of ether oxygens (including phenoxy) is 2. The van der Waals surface area contributed by atoms with E-state index in [0.29, 0.717) is 11.6 Å². The van der Waals surface area contributed by atoms with Gasteiger partial charge in [-0.2, -0.15) is 0 Å². The first-order valence-electron chi connectivity index (χ1n) is 7.95. The Kier molecular flexibility index (Phi) is 10.2. The van der Waals surface area contributed by atoms with Gasteiger partial charge in [-0.1, -0.05) is 67.4 Å². The van der Waals surface area contributed by atoms with Gasteiger partial charge in [-0.25, -0.2) is 0 Å². The molecule has 0 amide bonds. The van der Waals surface area contributed by atoms with Crippen molar-refractivity contribution in [3.05, 3.63) is 27.2 Å². The van der Waals surface area contributed by atoms with Crippen molar-refractivity contribution in [1.82, 2.24) is 0 Å². The van der Waals surface area contributed by atoms with Gasteiger partial charge in [0.25, 0.3) is 0 Å². The molecule has 0 saturated carbocycles. The van der Waals surface area contributed by atoms with E-state index in [-0.39, 0.29) is 28.6 Å². The van der Waals surface area contributed by atoms with Crippen LogP contribution in [0, 0.1) is 0 Å². The summed E-state index contributed by atoms with van der Waals surface area (Å²) in [5.74, 6) is -0.948. The Bertz CT molecular complexity index is 561. The van der Waals surface area contributed by atoms with E-state index in [4.69, 9.17) is 44.3 Å². The standard InChI is InChI=1S/C17H21Cl3O4/c1-2-3-4-5-6-9-23-15(21)7-8-16(22)24-14-11-12(18)10-13(19)17(14)20/h10-11H,2-9H2,1H3. The summed E-state index contributed by atoms with van der Waals surface area (Å²) in [5, 5.41) is 0.591. The Labute approximate surface area is 157 Å². The van der Waals surface area contributed by atoms with Crippen LogP contribution in [-0.2, 0) is 14.3 Å². The van der Waals surface area contributed by atoms with E-state index in [9.17, 15) is 9.59 Å². The molecule has 7 heteroatoms. The lowest BCUT2D eigenvalue weighted by Crippen LogP contribution is -2.13. The molecule has 0 spiro atoms. The second-order valence-corrected chi connectivity index (χ2v) is 6.53. The largest absolute Gasteiger partial charge is 0.466 e. The van der Waals surface area contributed by atoms with Gasteiger partial charge in [-0.3, -0.25) is 9.59 Å². The minimum atomic E-state index is -0.602.